The van der Waals surface area contributed by atoms with E-state index in [9.17, 15) is 0 Å². The highest BCUT2D eigenvalue weighted by atomic mass is 32.1. The van der Waals surface area contributed by atoms with Gasteiger partial charge in [-0.3, -0.25) is 5.43 Å². The van der Waals surface area contributed by atoms with Gasteiger partial charge in [0.25, 0.3) is 0 Å². The summed E-state index contributed by atoms with van der Waals surface area (Å²) in [5.41, 5.74) is 4.88. The van der Waals surface area contributed by atoms with E-state index < -0.39 is 0 Å². The molecule has 1 heterocycles. The van der Waals surface area contributed by atoms with Crippen LogP contribution in [0.2, 0.25) is 0 Å². The van der Waals surface area contributed by atoms with Gasteiger partial charge in [-0.2, -0.15) is 5.10 Å². The van der Waals surface area contributed by atoms with Crippen molar-refractivity contribution in [2.45, 2.75) is 0 Å². The smallest absolute Gasteiger partial charge is 0.215 e. The van der Waals surface area contributed by atoms with Crippen LogP contribution in [0.5, 0.6) is 0 Å². The van der Waals surface area contributed by atoms with Crippen molar-refractivity contribution in [2.75, 3.05) is 10.7 Å². The fraction of sp³-hybridized carbons (Fsp3) is 0. The minimum atomic E-state index is 0.431. The molecule has 7 heteroatoms. The van der Waals surface area contributed by atoms with Gasteiger partial charge in [-0.15, -0.1) is 0 Å². The van der Waals surface area contributed by atoms with Gasteiger partial charge in [0, 0.05) is 11.3 Å². The van der Waals surface area contributed by atoms with Crippen LogP contribution in [-0.2, 0) is 0 Å². The van der Waals surface area contributed by atoms with E-state index in [2.05, 4.69) is 20.9 Å². The number of para-hydroxylation sites is 1. The number of H-pyrrole nitrogens is 1. The Morgan fingerprint density at radius 3 is 2.32 bits per heavy atom. The van der Waals surface area contributed by atoms with Gasteiger partial charge in [0.1, 0.15) is 0 Å². The van der Waals surface area contributed by atoms with E-state index in [1.165, 1.54) is 0 Å². The maximum Gasteiger partial charge on any atom is 0.215 e. The van der Waals surface area contributed by atoms with Crippen molar-refractivity contribution in [2.24, 2.45) is 0 Å². The highest BCUT2D eigenvalue weighted by Gasteiger charge is 2.09. The van der Waals surface area contributed by atoms with Crippen LogP contribution in [0, 0.1) is 4.77 Å². The summed E-state index contributed by atoms with van der Waals surface area (Å²) in [7, 11) is 0. The van der Waals surface area contributed by atoms with Crippen LogP contribution in [0.3, 0.4) is 0 Å². The number of benzene rings is 2. The monoisotopic (exact) mass is 327 g/mol. The summed E-state index contributed by atoms with van der Waals surface area (Å²) in [5.74, 6) is 0.669. The van der Waals surface area contributed by atoms with Crippen LogP contribution in [-0.4, -0.2) is 20.0 Å². The standard InChI is InChI=1S/C15H13N5S2/c21-14(16-12-9-5-2-6-10-12)19-20-13(17-18-15(20)22)11-7-3-1-4-8-11/h1-10H,(H,18,22)(H2,16,19,21). The number of hydrogen-bond acceptors (Lipinski definition) is 3. The molecule has 0 aliphatic rings. The fourth-order valence-corrected chi connectivity index (χ4v) is 2.35. The highest BCUT2D eigenvalue weighted by molar-refractivity contribution is 7.80. The predicted octanol–water partition coefficient (Wildman–Crippen LogP) is 3.55. The SMILES string of the molecule is S=C(Nc1ccccc1)Nn1c(-c2ccccc2)n[nH]c1=S. The molecule has 0 amide bonds. The molecule has 0 aliphatic carbocycles. The van der Waals surface area contributed by atoms with E-state index in [4.69, 9.17) is 24.4 Å². The molecular formula is C15H13N5S2. The Balaban J connectivity index is 1.82. The van der Waals surface area contributed by atoms with Crippen molar-refractivity contribution in [3.05, 3.63) is 65.4 Å². The molecule has 110 valence electrons. The summed E-state index contributed by atoms with van der Waals surface area (Å²) >= 11 is 10.6. The molecule has 3 N–H and O–H groups in total. The maximum absolute atomic E-state index is 5.32. The van der Waals surface area contributed by atoms with Crippen LogP contribution in [0.25, 0.3) is 11.4 Å². The van der Waals surface area contributed by atoms with Crippen molar-refractivity contribution in [3.8, 4) is 11.4 Å². The Bertz CT molecular complexity index is 824. The van der Waals surface area contributed by atoms with E-state index in [0.717, 1.165) is 11.3 Å². The molecule has 0 spiro atoms. The quantitative estimate of drug-likeness (QED) is 0.642. The third-order valence-electron chi connectivity index (χ3n) is 2.95. The molecule has 0 bridgehead atoms. The predicted molar refractivity (Wildman–Crippen MR) is 94.9 cm³/mol. The number of anilines is 1. The lowest BCUT2D eigenvalue weighted by Crippen LogP contribution is -2.28. The molecule has 0 atom stereocenters. The summed E-state index contributed by atoms with van der Waals surface area (Å²) in [5, 5.41) is 10.5. The second kappa shape index (κ2) is 6.50. The van der Waals surface area contributed by atoms with Gasteiger partial charge >= 0.3 is 0 Å². The molecule has 0 unspecified atom stereocenters. The van der Waals surface area contributed by atoms with Crippen molar-refractivity contribution in [1.82, 2.24) is 14.9 Å². The van der Waals surface area contributed by atoms with Crippen molar-refractivity contribution >= 4 is 35.2 Å². The van der Waals surface area contributed by atoms with Crippen LogP contribution >= 0.6 is 24.4 Å². The first-order chi connectivity index (χ1) is 10.7. The normalized spacial score (nSPS) is 10.2. The third kappa shape index (κ3) is 3.21. The van der Waals surface area contributed by atoms with Crippen molar-refractivity contribution in [3.63, 3.8) is 0 Å². The van der Waals surface area contributed by atoms with Gasteiger partial charge in [0.2, 0.25) is 4.77 Å². The molecule has 0 fully saturated rings. The Morgan fingerprint density at radius 2 is 1.64 bits per heavy atom. The fourth-order valence-electron chi connectivity index (χ4n) is 1.96. The Labute approximate surface area is 138 Å². The first kappa shape index (κ1) is 14.4. The minimum Gasteiger partial charge on any atom is -0.331 e. The first-order valence-electron chi connectivity index (χ1n) is 6.60. The van der Waals surface area contributed by atoms with Gasteiger partial charge in [0.05, 0.1) is 0 Å². The molecular weight excluding hydrogens is 314 g/mol. The number of aromatic nitrogens is 3. The maximum atomic E-state index is 5.32. The van der Waals surface area contributed by atoms with E-state index in [0.29, 0.717) is 15.7 Å². The van der Waals surface area contributed by atoms with Crippen LogP contribution < -0.4 is 10.7 Å². The molecule has 0 saturated heterocycles. The number of nitrogens with one attached hydrogen (secondary N) is 3. The summed E-state index contributed by atoms with van der Waals surface area (Å²) in [6.07, 6.45) is 0. The van der Waals surface area contributed by atoms with Gasteiger partial charge in [-0.05, 0) is 36.6 Å². The largest absolute Gasteiger partial charge is 0.331 e. The van der Waals surface area contributed by atoms with Gasteiger partial charge < -0.3 is 5.32 Å². The Hall–Kier alpha value is -2.51. The van der Waals surface area contributed by atoms with Crippen LogP contribution in [0.15, 0.2) is 60.7 Å². The Morgan fingerprint density at radius 1 is 1.00 bits per heavy atom. The molecule has 3 aromatic rings. The lowest BCUT2D eigenvalue weighted by atomic mass is 10.2. The lowest BCUT2D eigenvalue weighted by molar-refractivity contribution is 0.963. The van der Waals surface area contributed by atoms with Crippen LogP contribution in [0.4, 0.5) is 5.69 Å². The second-order valence-corrected chi connectivity index (χ2v) is 5.28. The number of nitrogens with zero attached hydrogens (tertiary/aromatic N) is 2. The average Bonchev–Trinajstić information content (AvgIpc) is 2.90. The highest BCUT2D eigenvalue weighted by Crippen LogP contribution is 2.15. The van der Waals surface area contributed by atoms with E-state index in [1.807, 2.05) is 60.7 Å². The zero-order chi connectivity index (χ0) is 15.4. The van der Waals surface area contributed by atoms with E-state index in [-0.39, 0.29) is 0 Å². The first-order valence-corrected chi connectivity index (χ1v) is 7.41. The van der Waals surface area contributed by atoms with E-state index >= 15 is 0 Å². The zero-order valence-electron chi connectivity index (χ0n) is 11.5. The second-order valence-electron chi connectivity index (χ2n) is 4.49. The zero-order valence-corrected chi connectivity index (χ0v) is 13.1. The molecule has 3 rings (SSSR count). The lowest BCUT2D eigenvalue weighted by Gasteiger charge is -2.12. The van der Waals surface area contributed by atoms with Crippen LogP contribution in [0.1, 0.15) is 0 Å². The molecule has 0 radical (unpaired) electrons. The summed E-state index contributed by atoms with van der Waals surface area (Å²) in [4.78, 5) is 0. The molecule has 2 aromatic carbocycles. The van der Waals surface area contributed by atoms with Crippen molar-refractivity contribution < 1.29 is 0 Å². The number of hydrogen-bond donors (Lipinski definition) is 3. The number of thiocarbonyl (C=S) groups is 1. The minimum absolute atomic E-state index is 0.431. The molecule has 22 heavy (non-hydrogen) atoms. The average molecular weight is 327 g/mol. The third-order valence-corrected chi connectivity index (χ3v) is 3.42. The summed E-state index contributed by atoms with van der Waals surface area (Å²) in [6.45, 7) is 0. The number of aromatic amines is 1. The van der Waals surface area contributed by atoms with Gasteiger partial charge in [-0.1, -0.05) is 48.5 Å². The van der Waals surface area contributed by atoms with Gasteiger partial charge in [0.15, 0.2) is 10.9 Å². The summed E-state index contributed by atoms with van der Waals surface area (Å²) < 4.78 is 2.08. The molecule has 1 aromatic heterocycles. The summed E-state index contributed by atoms with van der Waals surface area (Å²) in [6, 6.07) is 19.4. The molecule has 0 saturated carbocycles. The van der Waals surface area contributed by atoms with Gasteiger partial charge in [-0.25, -0.2) is 9.77 Å². The topological polar surface area (TPSA) is 57.7 Å². The molecule has 5 nitrogen and oxygen atoms in total. The number of rotatable bonds is 3. The van der Waals surface area contributed by atoms with Crippen molar-refractivity contribution in [1.29, 1.82) is 0 Å². The van der Waals surface area contributed by atoms with E-state index in [1.54, 1.807) is 4.68 Å². The molecule has 0 aliphatic heterocycles. The Kier molecular flexibility index (Phi) is 4.27.